The zero-order chi connectivity index (χ0) is 22.6. The van der Waals surface area contributed by atoms with Crippen molar-refractivity contribution in [1.29, 1.82) is 0 Å². The van der Waals surface area contributed by atoms with Crippen molar-refractivity contribution in [2.75, 3.05) is 67.7 Å². The van der Waals surface area contributed by atoms with Crippen LogP contribution in [0.1, 0.15) is 13.8 Å². The molecule has 2 heterocycles. The number of hydrogen-bond acceptors (Lipinski definition) is 6. The first-order chi connectivity index (χ1) is 15.4. The third-order valence-electron chi connectivity index (χ3n) is 5.69. The predicted molar refractivity (Wildman–Crippen MR) is 127 cm³/mol. The molecule has 8 heteroatoms. The number of halogens is 1. The average molecular weight is 460 g/mol. The minimum absolute atomic E-state index is 0.221. The van der Waals surface area contributed by atoms with Crippen molar-refractivity contribution in [3.8, 4) is 5.75 Å². The smallest absolute Gasteiger partial charge is 0.268 e. The Balaban J connectivity index is 1.55. The van der Waals surface area contributed by atoms with Gasteiger partial charge in [0.15, 0.2) is 5.60 Å². The maximum Gasteiger partial charge on any atom is 0.268 e. The van der Waals surface area contributed by atoms with Crippen LogP contribution in [0.15, 0.2) is 42.5 Å². The summed E-state index contributed by atoms with van der Waals surface area (Å²) in [7, 11) is 0. The summed E-state index contributed by atoms with van der Waals surface area (Å²) in [5.74, 6) is 0.367. The molecule has 2 aliphatic heterocycles. The van der Waals surface area contributed by atoms with Crippen LogP contribution in [0, 0.1) is 0 Å². The molecular formula is C24H30ClN3O4. The monoisotopic (exact) mass is 459 g/mol. The molecule has 0 aliphatic carbocycles. The summed E-state index contributed by atoms with van der Waals surface area (Å²) in [6.45, 7) is 9.57. The first-order valence-corrected chi connectivity index (χ1v) is 11.4. The minimum Gasteiger partial charge on any atom is -0.478 e. The second-order valence-corrected chi connectivity index (χ2v) is 8.86. The standard InChI is InChI=1S/C24H30ClN3O4/c1-24(2,32-20-6-3-18(25)4-7-20)23(29)26-21-8-5-19(27-9-13-30-14-10-27)17-22(21)28-11-15-31-16-12-28/h3-8,17H,9-16H2,1-2H3,(H,26,29). The summed E-state index contributed by atoms with van der Waals surface area (Å²) in [5.41, 5.74) is 1.82. The lowest BCUT2D eigenvalue weighted by Gasteiger charge is -2.34. The maximum absolute atomic E-state index is 13.2. The Kier molecular flexibility index (Phi) is 7.08. The van der Waals surface area contributed by atoms with Crippen LogP contribution in [-0.2, 0) is 14.3 Å². The molecule has 172 valence electrons. The Bertz CT molecular complexity index is 923. The molecule has 2 aromatic carbocycles. The van der Waals surface area contributed by atoms with Gasteiger partial charge in [0.1, 0.15) is 5.75 Å². The molecule has 4 rings (SSSR count). The van der Waals surface area contributed by atoms with Crippen molar-refractivity contribution in [3.63, 3.8) is 0 Å². The van der Waals surface area contributed by atoms with E-state index in [1.165, 1.54) is 0 Å². The topological polar surface area (TPSA) is 63.3 Å². The molecule has 0 aromatic heterocycles. The number of nitrogens with one attached hydrogen (secondary N) is 1. The number of anilines is 3. The van der Waals surface area contributed by atoms with E-state index in [4.69, 9.17) is 25.8 Å². The van der Waals surface area contributed by atoms with Gasteiger partial charge in [0.25, 0.3) is 5.91 Å². The molecule has 0 unspecified atom stereocenters. The summed E-state index contributed by atoms with van der Waals surface area (Å²) >= 11 is 5.95. The summed E-state index contributed by atoms with van der Waals surface area (Å²) in [4.78, 5) is 17.8. The van der Waals surface area contributed by atoms with E-state index in [1.807, 2.05) is 6.07 Å². The SMILES string of the molecule is CC(C)(Oc1ccc(Cl)cc1)C(=O)Nc1ccc(N2CCOCC2)cc1N1CCOCC1. The van der Waals surface area contributed by atoms with Crippen LogP contribution in [0.5, 0.6) is 5.75 Å². The average Bonchev–Trinajstić information content (AvgIpc) is 2.82. The highest BCUT2D eigenvalue weighted by Gasteiger charge is 2.31. The van der Waals surface area contributed by atoms with Gasteiger partial charge in [0.05, 0.1) is 37.8 Å². The fraction of sp³-hybridized carbons (Fsp3) is 0.458. The number of carbonyl (C=O) groups excluding carboxylic acids is 1. The molecule has 2 fully saturated rings. The summed E-state index contributed by atoms with van der Waals surface area (Å²) < 4.78 is 17.0. The highest BCUT2D eigenvalue weighted by atomic mass is 35.5. The molecular weight excluding hydrogens is 430 g/mol. The van der Waals surface area contributed by atoms with Gasteiger partial charge in [-0.25, -0.2) is 0 Å². The Hall–Kier alpha value is -2.48. The van der Waals surface area contributed by atoms with Gasteiger partial charge in [-0.15, -0.1) is 0 Å². The lowest BCUT2D eigenvalue weighted by atomic mass is 10.1. The molecule has 0 radical (unpaired) electrons. The van der Waals surface area contributed by atoms with E-state index in [0.717, 1.165) is 56.5 Å². The number of morpholine rings is 2. The lowest BCUT2D eigenvalue weighted by molar-refractivity contribution is -0.128. The highest BCUT2D eigenvalue weighted by Crippen LogP contribution is 2.33. The van der Waals surface area contributed by atoms with Gasteiger partial charge in [-0.1, -0.05) is 11.6 Å². The van der Waals surface area contributed by atoms with Crippen LogP contribution < -0.4 is 19.9 Å². The van der Waals surface area contributed by atoms with Crippen LogP contribution in [0.3, 0.4) is 0 Å². The highest BCUT2D eigenvalue weighted by molar-refractivity contribution is 6.30. The van der Waals surface area contributed by atoms with Gasteiger partial charge in [-0.3, -0.25) is 4.79 Å². The fourth-order valence-electron chi connectivity index (χ4n) is 3.83. The van der Waals surface area contributed by atoms with Crippen LogP contribution in [0.25, 0.3) is 0 Å². The minimum atomic E-state index is -1.07. The molecule has 1 N–H and O–H groups in total. The second kappa shape index (κ2) is 9.98. The van der Waals surface area contributed by atoms with Crippen molar-refractivity contribution < 1.29 is 19.0 Å². The molecule has 0 saturated carbocycles. The van der Waals surface area contributed by atoms with Crippen molar-refractivity contribution in [2.45, 2.75) is 19.4 Å². The Labute approximate surface area is 194 Å². The van der Waals surface area contributed by atoms with Crippen molar-refractivity contribution in [2.24, 2.45) is 0 Å². The summed E-state index contributed by atoms with van der Waals surface area (Å²) in [5, 5.41) is 3.71. The van der Waals surface area contributed by atoms with Gasteiger partial charge >= 0.3 is 0 Å². The molecule has 1 amide bonds. The molecule has 2 aliphatic rings. The van der Waals surface area contributed by atoms with Crippen LogP contribution >= 0.6 is 11.6 Å². The number of hydrogen-bond donors (Lipinski definition) is 1. The third-order valence-corrected chi connectivity index (χ3v) is 5.94. The first kappa shape index (κ1) is 22.7. The molecule has 0 spiro atoms. The van der Waals surface area contributed by atoms with Gasteiger partial charge in [0.2, 0.25) is 0 Å². The number of carbonyl (C=O) groups is 1. The van der Waals surface area contributed by atoms with E-state index in [-0.39, 0.29) is 5.91 Å². The Morgan fingerprint density at radius 1 is 0.938 bits per heavy atom. The van der Waals surface area contributed by atoms with Crippen molar-refractivity contribution in [3.05, 3.63) is 47.5 Å². The largest absolute Gasteiger partial charge is 0.478 e. The van der Waals surface area contributed by atoms with Gasteiger partial charge < -0.3 is 29.3 Å². The second-order valence-electron chi connectivity index (χ2n) is 8.42. The maximum atomic E-state index is 13.2. The third kappa shape index (κ3) is 5.46. The zero-order valence-corrected chi connectivity index (χ0v) is 19.4. The quantitative estimate of drug-likeness (QED) is 0.708. The fourth-order valence-corrected chi connectivity index (χ4v) is 3.95. The molecule has 0 atom stereocenters. The van der Waals surface area contributed by atoms with E-state index >= 15 is 0 Å². The van der Waals surface area contributed by atoms with Gasteiger partial charge in [0, 0.05) is 36.9 Å². The number of ether oxygens (including phenoxy) is 3. The number of nitrogens with zero attached hydrogens (tertiary/aromatic N) is 2. The van der Waals surface area contributed by atoms with E-state index < -0.39 is 5.60 Å². The van der Waals surface area contributed by atoms with Gasteiger partial charge in [-0.2, -0.15) is 0 Å². The molecule has 7 nitrogen and oxygen atoms in total. The Morgan fingerprint density at radius 3 is 2.16 bits per heavy atom. The van der Waals surface area contributed by atoms with E-state index in [1.54, 1.807) is 38.1 Å². The summed E-state index contributed by atoms with van der Waals surface area (Å²) in [6.07, 6.45) is 0. The molecule has 2 aromatic rings. The van der Waals surface area contributed by atoms with E-state index in [9.17, 15) is 4.79 Å². The normalized spacial score (nSPS) is 17.2. The van der Waals surface area contributed by atoms with E-state index in [0.29, 0.717) is 24.0 Å². The number of rotatable bonds is 6. The van der Waals surface area contributed by atoms with Crippen LogP contribution in [0.2, 0.25) is 5.02 Å². The summed E-state index contributed by atoms with van der Waals surface area (Å²) in [6, 6.07) is 13.2. The number of amides is 1. The Morgan fingerprint density at radius 2 is 1.53 bits per heavy atom. The predicted octanol–water partition coefficient (Wildman–Crippen LogP) is 3.81. The van der Waals surface area contributed by atoms with E-state index in [2.05, 4.69) is 27.2 Å². The number of benzene rings is 2. The lowest BCUT2D eigenvalue weighted by Crippen LogP contribution is -2.43. The molecule has 2 saturated heterocycles. The van der Waals surface area contributed by atoms with Crippen molar-refractivity contribution >= 4 is 34.6 Å². The molecule has 32 heavy (non-hydrogen) atoms. The van der Waals surface area contributed by atoms with Gasteiger partial charge in [-0.05, 0) is 56.3 Å². The van der Waals surface area contributed by atoms with Crippen molar-refractivity contribution in [1.82, 2.24) is 0 Å². The van der Waals surface area contributed by atoms with Crippen LogP contribution in [-0.4, -0.2) is 64.1 Å². The van der Waals surface area contributed by atoms with Crippen LogP contribution in [0.4, 0.5) is 17.1 Å². The molecule has 0 bridgehead atoms. The zero-order valence-electron chi connectivity index (χ0n) is 18.6. The first-order valence-electron chi connectivity index (χ1n) is 11.0.